The van der Waals surface area contributed by atoms with Gasteiger partial charge in [-0.05, 0) is 43.0 Å². The molecule has 0 unspecified atom stereocenters. The summed E-state index contributed by atoms with van der Waals surface area (Å²) in [7, 11) is 0. The number of aryl methyl sites for hydroxylation is 1. The molecule has 0 radical (unpaired) electrons. The summed E-state index contributed by atoms with van der Waals surface area (Å²) >= 11 is 0. The standard InChI is InChI=1S/C20H22N2O3/c23-19(9-6-15-5-4-12-21-14-15)22-16-7-8-17-18(13-16)25-20(24-17)10-2-1-3-11-20/h4-5,7-8,12-14H,1-3,6,9-11H2,(H,22,23). The lowest BCUT2D eigenvalue weighted by Gasteiger charge is -2.31. The predicted octanol–water partition coefficient (Wildman–Crippen LogP) is 4.08. The smallest absolute Gasteiger partial charge is 0.251 e. The van der Waals surface area contributed by atoms with Crippen LogP contribution < -0.4 is 14.8 Å². The van der Waals surface area contributed by atoms with Gasteiger partial charge in [0.1, 0.15) is 0 Å². The zero-order chi connectivity index (χ0) is 17.1. The Morgan fingerprint density at radius 3 is 2.76 bits per heavy atom. The fourth-order valence-electron chi connectivity index (χ4n) is 3.49. The van der Waals surface area contributed by atoms with E-state index in [9.17, 15) is 4.79 Å². The molecule has 1 aromatic carbocycles. The number of nitrogens with one attached hydrogen (secondary N) is 1. The van der Waals surface area contributed by atoms with E-state index in [0.717, 1.165) is 48.4 Å². The number of amides is 1. The Kier molecular flexibility index (Phi) is 4.30. The lowest BCUT2D eigenvalue weighted by Crippen LogP contribution is -2.40. The highest BCUT2D eigenvalue weighted by Gasteiger charge is 2.42. The molecule has 1 saturated carbocycles. The number of anilines is 1. The summed E-state index contributed by atoms with van der Waals surface area (Å²) in [6.07, 6.45) is 9.97. The van der Waals surface area contributed by atoms with Crippen molar-refractivity contribution in [3.05, 3.63) is 48.3 Å². The van der Waals surface area contributed by atoms with Crippen molar-refractivity contribution in [2.45, 2.75) is 50.7 Å². The van der Waals surface area contributed by atoms with Crippen LogP contribution in [0.4, 0.5) is 5.69 Å². The quantitative estimate of drug-likeness (QED) is 0.912. The van der Waals surface area contributed by atoms with Crippen LogP contribution in [0.1, 0.15) is 44.1 Å². The minimum atomic E-state index is -0.483. The Labute approximate surface area is 147 Å². The van der Waals surface area contributed by atoms with Crippen molar-refractivity contribution >= 4 is 11.6 Å². The number of carbonyl (C=O) groups excluding carboxylic acids is 1. The molecule has 2 aliphatic rings. The predicted molar refractivity (Wildman–Crippen MR) is 94.7 cm³/mol. The van der Waals surface area contributed by atoms with E-state index in [0.29, 0.717) is 12.8 Å². The molecule has 1 N–H and O–H groups in total. The average Bonchev–Trinajstić information content (AvgIpc) is 2.98. The van der Waals surface area contributed by atoms with Crippen LogP contribution in [0.5, 0.6) is 11.5 Å². The summed E-state index contributed by atoms with van der Waals surface area (Å²) in [6.45, 7) is 0. The Hall–Kier alpha value is -2.56. The van der Waals surface area contributed by atoms with Gasteiger partial charge in [0.05, 0.1) is 0 Å². The van der Waals surface area contributed by atoms with Crippen LogP contribution in [0.15, 0.2) is 42.7 Å². The highest BCUT2D eigenvalue weighted by molar-refractivity contribution is 5.91. The van der Waals surface area contributed by atoms with Crippen LogP contribution in [-0.4, -0.2) is 16.7 Å². The van der Waals surface area contributed by atoms with E-state index >= 15 is 0 Å². The monoisotopic (exact) mass is 338 g/mol. The number of pyridine rings is 1. The highest BCUT2D eigenvalue weighted by Crippen LogP contribution is 2.46. The maximum Gasteiger partial charge on any atom is 0.251 e. The summed E-state index contributed by atoms with van der Waals surface area (Å²) < 4.78 is 12.2. The number of hydrogen-bond donors (Lipinski definition) is 1. The van der Waals surface area contributed by atoms with Gasteiger partial charge in [0.25, 0.3) is 5.79 Å². The Balaban J connectivity index is 1.37. The minimum Gasteiger partial charge on any atom is -0.448 e. The second-order valence-electron chi connectivity index (χ2n) is 6.75. The largest absolute Gasteiger partial charge is 0.448 e. The summed E-state index contributed by atoms with van der Waals surface area (Å²) in [6, 6.07) is 9.47. The molecule has 0 bridgehead atoms. The second kappa shape index (κ2) is 6.75. The van der Waals surface area contributed by atoms with E-state index in [4.69, 9.17) is 9.47 Å². The van der Waals surface area contributed by atoms with Gasteiger partial charge in [-0.1, -0.05) is 12.5 Å². The van der Waals surface area contributed by atoms with Gasteiger partial charge < -0.3 is 14.8 Å². The summed E-state index contributed by atoms with van der Waals surface area (Å²) in [5.41, 5.74) is 1.80. The normalized spacial score (nSPS) is 17.4. The first-order chi connectivity index (χ1) is 12.2. The lowest BCUT2D eigenvalue weighted by atomic mass is 9.94. The molecule has 1 aliphatic carbocycles. The van der Waals surface area contributed by atoms with E-state index in [1.54, 1.807) is 12.4 Å². The van der Waals surface area contributed by atoms with E-state index < -0.39 is 5.79 Å². The minimum absolute atomic E-state index is 0.0184. The fourth-order valence-corrected chi connectivity index (χ4v) is 3.49. The van der Waals surface area contributed by atoms with E-state index in [1.807, 2.05) is 30.3 Å². The van der Waals surface area contributed by atoms with Crippen molar-refractivity contribution < 1.29 is 14.3 Å². The number of fused-ring (bicyclic) bond motifs is 1. The molecule has 5 nitrogen and oxygen atoms in total. The van der Waals surface area contributed by atoms with Crippen LogP contribution in [0.25, 0.3) is 0 Å². The molecule has 130 valence electrons. The number of hydrogen-bond acceptors (Lipinski definition) is 4. The first-order valence-electron chi connectivity index (χ1n) is 8.93. The Bertz CT molecular complexity index is 755. The molecule has 1 amide bonds. The van der Waals surface area contributed by atoms with Crippen LogP contribution in [0.3, 0.4) is 0 Å². The van der Waals surface area contributed by atoms with Gasteiger partial charge in [0.15, 0.2) is 11.5 Å². The van der Waals surface area contributed by atoms with Crippen LogP contribution in [0.2, 0.25) is 0 Å². The molecule has 25 heavy (non-hydrogen) atoms. The molecule has 2 heterocycles. The van der Waals surface area contributed by atoms with Crippen LogP contribution >= 0.6 is 0 Å². The van der Waals surface area contributed by atoms with E-state index in [-0.39, 0.29) is 5.91 Å². The maximum absolute atomic E-state index is 12.2. The molecular formula is C20H22N2O3. The maximum atomic E-state index is 12.2. The molecule has 0 atom stereocenters. The second-order valence-corrected chi connectivity index (χ2v) is 6.75. The van der Waals surface area contributed by atoms with Gasteiger partial charge in [-0.15, -0.1) is 0 Å². The van der Waals surface area contributed by atoms with Gasteiger partial charge in [0, 0.05) is 43.4 Å². The summed E-state index contributed by atoms with van der Waals surface area (Å²) in [5, 5.41) is 2.94. The van der Waals surface area contributed by atoms with Crippen LogP contribution in [0, 0.1) is 0 Å². The molecular weight excluding hydrogens is 316 g/mol. The third-order valence-electron chi connectivity index (χ3n) is 4.80. The third-order valence-corrected chi connectivity index (χ3v) is 4.80. The van der Waals surface area contributed by atoms with Crippen molar-refractivity contribution in [2.75, 3.05) is 5.32 Å². The molecule has 1 aliphatic heterocycles. The van der Waals surface area contributed by atoms with Gasteiger partial charge in [-0.2, -0.15) is 0 Å². The number of benzene rings is 1. The first-order valence-corrected chi connectivity index (χ1v) is 8.93. The number of aromatic nitrogens is 1. The van der Waals surface area contributed by atoms with Crippen molar-refractivity contribution in [2.24, 2.45) is 0 Å². The topological polar surface area (TPSA) is 60.5 Å². The van der Waals surface area contributed by atoms with Gasteiger partial charge in [0.2, 0.25) is 5.91 Å². The fraction of sp³-hybridized carbons (Fsp3) is 0.400. The number of nitrogens with zero attached hydrogens (tertiary/aromatic N) is 1. The van der Waals surface area contributed by atoms with Crippen molar-refractivity contribution in [1.82, 2.24) is 4.98 Å². The summed E-state index contributed by atoms with van der Waals surface area (Å²) in [5.74, 6) is 1.00. The number of ether oxygens (including phenoxy) is 2. The Morgan fingerprint density at radius 2 is 1.96 bits per heavy atom. The molecule has 5 heteroatoms. The van der Waals surface area contributed by atoms with Gasteiger partial charge in [-0.25, -0.2) is 0 Å². The number of rotatable bonds is 4. The molecule has 1 spiro atoms. The highest BCUT2D eigenvalue weighted by atomic mass is 16.7. The van der Waals surface area contributed by atoms with E-state index in [2.05, 4.69) is 10.3 Å². The third kappa shape index (κ3) is 3.60. The zero-order valence-electron chi connectivity index (χ0n) is 14.2. The first kappa shape index (κ1) is 15.9. The molecule has 2 aromatic rings. The summed E-state index contributed by atoms with van der Waals surface area (Å²) in [4.78, 5) is 16.2. The van der Waals surface area contributed by atoms with E-state index in [1.165, 1.54) is 6.42 Å². The Morgan fingerprint density at radius 1 is 1.12 bits per heavy atom. The van der Waals surface area contributed by atoms with Crippen LogP contribution in [-0.2, 0) is 11.2 Å². The molecule has 0 saturated heterocycles. The van der Waals surface area contributed by atoms with Gasteiger partial charge in [-0.3, -0.25) is 9.78 Å². The SMILES string of the molecule is O=C(CCc1cccnc1)Nc1ccc2c(c1)OC1(CCCCC1)O2. The van der Waals surface area contributed by atoms with Crippen molar-refractivity contribution in [3.8, 4) is 11.5 Å². The lowest BCUT2D eigenvalue weighted by molar-refractivity contribution is -0.116. The average molecular weight is 338 g/mol. The van der Waals surface area contributed by atoms with Gasteiger partial charge >= 0.3 is 0 Å². The zero-order valence-corrected chi connectivity index (χ0v) is 14.2. The van der Waals surface area contributed by atoms with Crippen molar-refractivity contribution in [3.63, 3.8) is 0 Å². The van der Waals surface area contributed by atoms with Crippen molar-refractivity contribution in [1.29, 1.82) is 0 Å². The molecule has 1 aromatic heterocycles. The number of carbonyl (C=O) groups is 1. The molecule has 4 rings (SSSR count). The molecule has 1 fully saturated rings.